The average Bonchev–Trinajstić information content (AvgIpc) is 3.42. The smallest absolute Gasteiger partial charge is 0.251 e. The maximum atomic E-state index is 12.8. The molecule has 1 aromatic heterocycles. The van der Waals surface area contributed by atoms with Crippen molar-refractivity contribution in [3.8, 4) is 11.5 Å². The van der Waals surface area contributed by atoms with Gasteiger partial charge in [0.25, 0.3) is 5.91 Å². The number of benzene rings is 1. The Bertz CT molecular complexity index is 770. The summed E-state index contributed by atoms with van der Waals surface area (Å²) in [7, 11) is 1.60. The minimum absolute atomic E-state index is 0.0854. The molecular formula is C23H32N2O3S. The third-order valence-corrected chi connectivity index (χ3v) is 6.26. The first-order valence-electron chi connectivity index (χ1n) is 10.4. The van der Waals surface area contributed by atoms with Crippen LogP contribution in [-0.4, -0.2) is 44.2 Å². The van der Waals surface area contributed by atoms with Crippen LogP contribution >= 0.6 is 11.3 Å². The fourth-order valence-electron chi connectivity index (χ4n) is 3.57. The molecule has 2 aromatic rings. The van der Waals surface area contributed by atoms with Crippen LogP contribution in [0.5, 0.6) is 11.5 Å². The van der Waals surface area contributed by atoms with Gasteiger partial charge < -0.3 is 14.8 Å². The van der Waals surface area contributed by atoms with Gasteiger partial charge in [0.05, 0.1) is 19.8 Å². The molecule has 158 valence electrons. The summed E-state index contributed by atoms with van der Waals surface area (Å²) in [5, 5.41) is 5.22. The van der Waals surface area contributed by atoms with E-state index >= 15 is 0 Å². The van der Waals surface area contributed by atoms with Gasteiger partial charge in [0.2, 0.25) is 0 Å². The fraction of sp³-hybridized carbons (Fsp3) is 0.522. The van der Waals surface area contributed by atoms with E-state index in [1.165, 1.54) is 17.7 Å². The molecule has 0 radical (unpaired) electrons. The molecule has 29 heavy (non-hydrogen) atoms. The van der Waals surface area contributed by atoms with Crippen LogP contribution in [-0.2, 0) is 0 Å². The third kappa shape index (κ3) is 5.97. The quantitative estimate of drug-likeness (QED) is 0.607. The van der Waals surface area contributed by atoms with Crippen LogP contribution in [0.3, 0.4) is 0 Å². The predicted molar refractivity (Wildman–Crippen MR) is 118 cm³/mol. The lowest BCUT2D eigenvalue weighted by Gasteiger charge is -2.27. The summed E-state index contributed by atoms with van der Waals surface area (Å²) in [6.07, 6.45) is 3.43. The number of carbonyl (C=O) groups is 1. The van der Waals surface area contributed by atoms with E-state index < -0.39 is 0 Å². The molecule has 0 spiro atoms. The van der Waals surface area contributed by atoms with E-state index in [1.807, 2.05) is 6.07 Å². The van der Waals surface area contributed by atoms with Crippen LogP contribution in [0.4, 0.5) is 0 Å². The molecule has 1 aliphatic rings. The van der Waals surface area contributed by atoms with Crippen molar-refractivity contribution in [2.75, 3.05) is 33.4 Å². The number of carbonyl (C=O) groups excluding carboxylic acids is 1. The molecule has 1 fully saturated rings. The number of methoxy groups -OCH3 is 1. The van der Waals surface area contributed by atoms with Crippen LogP contribution in [0, 0.1) is 5.92 Å². The molecular weight excluding hydrogens is 384 g/mol. The molecule has 0 saturated carbocycles. The molecule has 1 unspecified atom stereocenters. The van der Waals surface area contributed by atoms with Gasteiger partial charge in [-0.3, -0.25) is 9.69 Å². The summed E-state index contributed by atoms with van der Waals surface area (Å²) in [6.45, 7) is 7.76. The number of amides is 1. The second kappa shape index (κ2) is 10.6. The van der Waals surface area contributed by atoms with Crippen LogP contribution in [0.25, 0.3) is 0 Å². The summed E-state index contributed by atoms with van der Waals surface area (Å²) >= 11 is 1.75. The molecule has 0 bridgehead atoms. The van der Waals surface area contributed by atoms with Gasteiger partial charge in [0, 0.05) is 17.0 Å². The Kier molecular flexibility index (Phi) is 7.95. The van der Waals surface area contributed by atoms with Crippen molar-refractivity contribution >= 4 is 17.2 Å². The Morgan fingerprint density at radius 2 is 2.00 bits per heavy atom. The highest BCUT2D eigenvalue weighted by atomic mass is 32.1. The topological polar surface area (TPSA) is 50.8 Å². The van der Waals surface area contributed by atoms with Gasteiger partial charge in [-0.2, -0.15) is 0 Å². The first-order chi connectivity index (χ1) is 14.1. The molecule has 3 rings (SSSR count). The summed E-state index contributed by atoms with van der Waals surface area (Å²) in [4.78, 5) is 16.6. The highest BCUT2D eigenvalue weighted by Crippen LogP contribution is 2.30. The third-order valence-electron chi connectivity index (χ3n) is 5.29. The largest absolute Gasteiger partial charge is 0.493 e. The van der Waals surface area contributed by atoms with Gasteiger partial charge >= 0.3 is 0 Å². The number of hydrogen-bond acceptors (Lipinski definition) is 5. The van der Waals surface area contributed by atoms with Gasteiger partial charge in [0.1, 0.15) is 0 Å². The van der Waals surface area contributed by atoms with E-state index in [9.17, 15) is 4.79 Å². The van der Waals surface area contributed by atoms with E-state index in [4.69, 9.17) is 9.47 Å². The second-order valence-corrected chi connectivity index (χ2v) is 8.86. The fourth-order valence-corrected chi connectivity index (χ4v) is 4.43. The second-order valence-electron chi connectivity index (χ2n) is 7.88. The van der Waals surface area contributed by atoms with Gasteiger partial charge in [0.15, 0.2) is 11.5 Å². The van der Waals surface area contributed by atoms with Crippen LogP contribution in [0.2, 0.25) is 0 Å². The van der Waals surface area contributed by atoms with Gasteiger partial charge in [-0.15, -0.1) is 11.3 Å². The number of nitrogens with one attached hydrogen (secondary N) is 1. The van der Waals surface area contributed by atoms with Gasteiger partial charge in [-0.05, 0) is 67.9 Å². The highest BCUT2D eigenvalue weighted by Gasteiger charge is 2.25. The Labute approximate surface area is 178 Å². The predicted octanol–water partition coefficient (Wildman–Crippen LogP) is 4.75. The van der Waals surface area contributed by atoms with Gasteiger partial charge in [-0.1, -0.05) is 19.9 Å². The maximum Gasteiger partial charge on any atom is 0.251 e. The minimum atomic E-state index is -0.0854. The van der Waals surface area contributed by atoms with Crippen molar-refractivity contribution in [1.29, 1.82) is 0 Å². The Hall–Kier alpha value is -2.05. The summed E-state index contributed by atoms with van der Waals surface area (Å²) in [5.41, 5.74) is 0.587. The Balaban J connectivity index is 1.63. The van der Waals surface area contributed by atoms with Crippen molar-refractivity contribution in [2.45, 2.75) is 39.2 Å². The highest BCUT2D eigenvalue weighted by molar-refractivity contribution is 7.10. The summed E-state index contributed by atoms with van der Waals surface area (Å²) in [5.74, 6) is 1.77. The standard InChI is InChI=1S/C23H32N2O3S/c1-17(2)10-13-28-20-9-8-18(15-21(20)27-3)23(26)24-16-19(22-7-6-14-29-22)25-11-4-5-12-25/h6-9,14-15,17,19H,4-5,10-13,16H2,1-3H3,(H,24,26). The van der Waals surface area contributed by atoms with Crippen LogP contribution < -0.4 is 14.8 Å². The van der Waals surface area contributed by atoms with Crippen molar-refractivity contribution in [3.63, 3.8) is 0 Å². The number of thiophene rings is 1. The summed E-state index contributed by atoms with van der Waals surface area (Å²) < 4.78 is 11.3. The minimum Gasteiger partial charge on any atom is -0.493 e. The lowest BCUT2D eigenvalue weighted by atomic mass is 10.1. The van der Waals surface area contributed by atoms with E-state index in [1.54, 1.807) is 30.6 Å². The number of nitrogens with zero attached hydrogens (tertiary/aromatic N) is 1. The number of hydrogen-bond donors (Lipinski definition) is 1. The van der Waals surface area contributed by atoms with Crippen LogP contribution in [0.15, 0.2) is 35.7 Å². The van der Waals surface area contributed by atoms with E-state index in [-0.39, 0.29) is 11.9 Å². The van der Waals surface area contributed by atoms with E-state index in [2.05, 4.69) is 41.6 Å². The number of rotatable bonds is 10. The molecule has 1 aromatic carbocycles. The Morgan fingerprint density at radius 3 is 2.66 bits per heavy atom. The molecule has 1 atom stereocenters. The van der Waals surface area contributed by atoms with Crippen LogP contribution in [0.1, 0.15) is 54.4 Å². The molecule has 6 heteroatoms. The molecule has 5 nitrogen and oxygen atoms in total. The number of likely N-dealkylation sites (tertiary alicyclic amines) is 1. The zero-order valence-corrected chi connectivity index (χ0v) is 18.5. The lowest BCUT2D eigenvalue weighted by molar-refractivity contribution is 0.0938. The van der Waals surface area contributed by atoms with E-state index in [0.29, 0.717) is 36.1 Å². The molecule has 1 saturated heterocycles. The molecule has 1 amide bonds. The first-order valence-corrected chi connectivity index (χ1v) is 11.3. The van der Waals surface area contributed by atoms with Crippen molar-refractivity contribution < 1.29 is 14.3 Å². The normalized spacial score (nSPS) is 15.4. The monoisotopic (exact) mass is 416 g/mol. The lowest BCUT2D eigenvalue weighted by Crippen LogP contribution is -2.36. The molecule has 1 N–H and O–H groups in total. The zero-order valence-electron chi connectivity index (χ0n) is 17.6. The number of ether oxygens (including phenoxy) is 2. The van der Waals surface area contributed by atoms with Gasteiger partial charge in [-0.25, -0.2) is 0 Å². The molecule has 0 aliphatic carbocycles. The molecule has 1 aliphatic heterocycles. The van der Waals surface area contributed by atoms with Crippen molar-refractivity contribution in [1.82, 2.24) is 10.2 Å². The average molecular weight is 417 g/mol. The zero-order chi connectivity index (χ0) is 20.6. The maximum absolute atomic E-state index is 12.8. The Morgan fingerprint density at radius 1 is 1.21 bits per heavy atom. The molecule has 2 heterocycles. The van der Waals surface area contributed by atoms with Crippen molar-refractivity contribution in [2.24, 2.45) is 5.92 Å². The first kappa shape index (κ1) is 21.7. The van der Waals surface area contributed by atoms with Crippen molar-refractivity contribution in [3.05, 3.63) is 46.2 Å². The van der Waals surface area contributed by atoms with E-state index in [0.717, 1.165) is 19.5 Å². The SMILES string of the molecule is COc1cc(C(=O)NCC(c2cccs2)N2CCCC2)ccc1OCCC(C)C. The summed E-state index contributed by atoms with van der Waals surface area (Å²) in [6, 6.07) is 9.86.